The van der Waals surface area contributed by atoms with Gasteiger partial charge in [0.2, 0.25) is 0 Å². The Labute approximate surface area is 171 Å². The van der Waals surface area contributed by atoms with Gasteiger partial charge in [0.25, 0.3) is 15.9 Å². The van der Waals surface area contributed by atoms with Gasteiger partial charge < -0.3 is 9.84 Å². The molecule has 3 aromatic rings. The first-order chi connectivity index (χ1) is 13.7. The van der Waals surface area contributed by atoms with Crippen LogP contribution in [-0.2, 0) is 10.0 Å². The van der Waals surface area contributed by atoms with Crippen LogP contribution in [-0.4, -0.2) is 24.6 Å². The summed E-state index contributed by atoms with van der Waals surface area (Å²) in [6, 6.07) is 12.3. The van der Waals surface area contributed by atoms with Gasteiger partial charge in [-0.2, -0.15) is 0 Å². The average molecular weight is 434 g/mol. The van der Waals surface area contributed by atoms with Gasteiger partial charge in [-0.25, -0.2) is 12.8 Å². The maximum atomic E-state index is 13.2. The highest BCUT2D eigenvalue weighted by atomic mass is 32.2. The Kier molecular flexibility index (Phi) is 5.89. The Balaban J connectivity index is 1.62. The minimum Gasteiger partial charge on any atom is -0.360 e. The fourth-order valence-corrected chi connectivity index (χ4v) is 3.49. The van der Waals surface area contributed by atoms with Crippen molar-refractivity contribution in [2.24, 2.45) is 0 Å². The monoisotopic (exact) mass is 434 g/mol. The smallest absolute Gasteiger partial charge is 0.263 e. The Bertz CT molecular complexity index is 1160. The van der Waals surface area contributed by atoms with Crippen LogP contribution in [0.1, 0.15) is 16.1 Å². The number of benzene rings is 2. The third kappa shape index (κ3) is 5.36. The summed E-state index contributed by atoms with van der Waals surface area (Å²) in [5.41, 5.74) is 0.565. The lowest BCUT2D eigenvalue weighted by Gasteiger charge is -2.10. The number of thiocarbonyl (C=S) groups is 1. The molecule has 0 saturated heterocycles. The molecule has 3 N–H and O–H groups in total. The summed E-state index contributed by atoms with van der Waals surface area (Å²) in [6.45, 7) is 1.64. The lowest BCUT2D eigenvalue weighted by Crippen LogP contribution is -2.34. The molecule has 0 bridgehead atoms. The first-order valence-corrected chi connectivity index (χ1v) is 10.1. The van der Waals surface area contributed by atoms with Gasteiger partial charge in [0.05, 0.1) is 4.90 Å². The molecule has 11 heteroatoms. The first kappa shape index (κ1) is 20.4. The Morgan fingerprint density at radius 2 is 1.86 bits per heavy atom. The standard InChI is InChI=1S/C18H15FN4O4S2/c1-11-9-16(22-27-11)23-29(25,26)15-7-5-14(6-8-15)20-18(28)21-17(24)12-3-2-4-13(19)10-12/h2-10H,1H3,(H,22,23)(H2,20,21,24,28). The molecule has 0 unspecified atom stereocenters. The molecule has 0 saturated carbocycles. The summed E-state index contributed by atoms with van der Waals surface area (Å²) in [5, 5.41) is 8.73. The first-order valence-electron chi connectivity index (χ1n) is 8.17. The van der Waals surface area contributed by atoms with Gasteiger partial charge in [-0.05, 0) is 61.6 Å². The molecule has 2 aromatic carbocycles. The lowest BCUT2D eigenvalue weighted by molar-refractivity contribution is 0.0977. The molecule has 3 rings (SSSR count). The largest absolute Gasteiger partial charge is 0.360 e. The molecule has 29 heavy (non-hydrogen) atoms. The van der Waals surface area contributed by atoms with Gasteiger partial charge in [0.15, 0.2) is 10.9 Å². The molecular formula is C18H15FN4O4S2. The number of amides is 1. The zero-order valence-corrected chi connectivity index (χ0v) is 16.6. The average Bonchev–Trinajstić information content (AvgIpc) is 3.06. The summed E-state index contributed by atoms with van der Waals surface area (Å²) < 4.78 is 45.0. The number of carbonyl (C=O) groups is 1. The van der Waals surface area contributed by atoms with Crippen LogP contribution in [0.2, 0.25) is 0 Å². The molecule has 0 aliphatic carbocycles. The van der Waals surface area contributed by atoms with Gasteiger partial charge in [-0.1, -0.05) is 11.2 Å². The van der Waals surface area contributed by atoms with E-state index in [1.807, 2.05) is 0 Å². The third-order valence-electron chi connectivity index (χ3n) is 3.60. The second kappa shape index (κ2) is 8.37. The van der Waals surface area contributed by atoms with E-state index in [2.05, 4.69) is 20.5 Å². The van der Waals surface area contributed by atoms with Crippen LogP contribution >= 0.6 is 12.2 Å². The van der Waals surface area contributed by atoms with E-state index in [1.54, 1.807) is 6.92 Å². The fraction of sp³-hybridized carbons (Fsp3) is 0.0556. The number of sulfonamides is 1. The Morgan fingerprint density at radius 1 is 1.14 bits per heavy atom. The van der Waals surface area contributed by atoms with Crippen molar-refractivity contribution in [3.63, 3.8) is 0 Å². The molecule has 0 atom stereocenters. The number of carbonyl (C=O) groups excluding carboxylic acids is 1. The number of nitrogens with one attached hydrogen (secondary N) is 3. The van der Waals surface area contributed by atoms with Crippen molar-refractivity contribution in [2.45, 2.75) is 11.8 Å². The van der Waals surface area contributed by atoms with Crippen LogP contribution in [0.4, 0.5) is 15.9 Å². The highest BCUT2D eigenvalue weighted by molar-refractivity contribution is 7.92. The molecule has 0 fully saturated rings. The molecule has 0 radical (unpaired) electrons. The zero-order chi connectivity index (χ0) is 21.0. The van der Waals surface area contributed by atoms with E-state index in [1.165, 1.54) is 48.5 Å². The minimum absolute atomic E-state index is 0.00147. The third-order valence-corrected chi connectivity index (χ3v) is 5.18. The molecule has 0 aliphatic heterocycles. The molecule has 0 spiro atoms. The Hall–Kier alpha value is -3.31. The van der Waals surface area contributed by atoms with Crippen LogP contribution in [0.5, 0.6) is 0 Å². The van der Waals surface area contributed by atoms with Crippen LogP contribution in [0.15, 0.2) is 64.0 Å². The van der Waals surface area contributed by atoms with E-state index in [-0.39, 0.29) is 21.4 Å². The van der Waals surface area contributed by atoms with Crippen LogP contribution in [0.25, 0.3) is 0 Å². The van der Waals surface area contributed by atoms with Gasteiger partial charge in [-0.3, -0.25) is 14.8 Å². The van der Waals surface area contributed by atoms with E-state index in [0.29, 0.717) is 11.4 Å². The highest BCUT2D eigenvalue weighted by Crippen LogP contribution is 2.18. The van der Waals surface area contributed by atoms with E-state index in [4.69, 9.17) is 16.7 Å². The van der Waals surface area contributed by atoms with Crippen LogP contribution in [0.3, 0.4) is 0 Å². The molecule has 1 amide bonds. The number of nitrogens with zero attached hydrogens (tertiary/aromatic N) is 1. The lowest BCUT2D eigenvalue weighted by atomic mass is 10.2. The van der Waals surface area contributed by atoms with Crippen LogP contribution < -0.4 is 15.4 Å². The second-order valence-electron chi connectivity index (χ2n) is 5.87. The number of rotatable bonds is 5. The van der Waals surface area contributed by atoms with Crippen molar-refractivity contribution in [1.29, 1.82) is 0 Å². The summed E-state index contributed by atoms with van der Waals surface area (Å²) in [5.74, 6) is -0.571. The summed E-state index contributed by atoms with van der Waals surface area (Å²) in [4.78, 5) is 12.1. The molecule has 150 valence electrons. The van der Waals surface area contributed by atoms with Crippen molar-refractivity contribution < 1.29 is 22.1 Å². The molecule has 1 heterocycles. The second-order valence-corrected chi connectivity index (χ2v) is 7.96. The van der Waals surface area contributed by atoms with Gasteiger partial charge in [-0.15, -0.1) is 0 Å². The maximum Gasteiger partial charge on any atom is 0.263 e. The maximum absolute atomic E-state index is 13.2. The summed E-state index contributed by atoms with van der Waals surface area (Å²) in [7, 11) is -3.84. The predicted molar refractivity (Wildman–Crippen MR) is 109 cm³/mol. The Morgan fingerprint density at radius 3 is 2.48 bits per heavy atom. The number of halogens is 1. The van der Waals surface area contributed by atoms with Crippen molar-refractivity contribution in [2.75, 3.05) is 10.0 Å². The number of hydrogen-bond donors (Lipinski definition) is 3. The topological polar surface area (TPSA) is 113 Å². The summed E-state index contributed by atoms with van der Waals surface area (Å²) >= 11 is 5.05. The van der Waals surface area contributed by atoms with Crippen LogP contribution in [0, 0.1) is 12.7 Å². The SMILES string of the molecule is Cc1cc(NS(=O)(=O)c2ccc(NC(=S)NC(=O)c3cccc(F)c3)cc2)no1. The molecule has 1 aromatic heterocycles. The van der Waals surface area contributed by atoms with Crippen molar-refractivity contribution in [3.05, 3.63) is 71.7 Å². The number of aryl methyl sites for hydroxylation is 1. The van der Waals surface area contributed by atoms with Gasteiger partial charge in [0, 0.05) is 17.3 Å². The quantitative estimate of drug-likeness (QED) is 0.529. The van der Waals surface area contributed by atoms with E-state index < -0.39 is 21.7 Å². The molecule has 0 aliphatic rings. The highest BCUT2D eigenvalue weighted by Gasteiger charge is 2.16. The van der Waals surface area contributed by atoms with E-state index >= 15 is 0 Å². The van der Waals surface area contributed by atoms with Gasteiger partial charge in [0.1, 0.15) is 11.6 Å². The van der Waals surface area contributed by atoms with E-state index in [9.17, 15) is 17.6 Å². The fourth-order valence-electron chi connectivity index (χ4n) is 2.30. The predicted octanol–water partition coefficient (Wildman–Crippen LogP) is 3.05. The zero-order valence-electron chi connectivity index (χ0n) is 15.0. The van der Waals surface area contributed by atoms with Gasteiger partial charge >= 0.3 is 0 Å². The summed E-state index contributed by atoms with van der Waals surface area (Å²) in [6.07, 6.45) is 0. The number of anilines is 2. The van der Waals surface area contributed by atoms with Crippen molar-refractivity contribution in [1.82, 2.24) is 10.5 Å². The number of aromatic nitrogens is 1. The number of hydrogen-bond acceptors (Lipinski definition) is 6. The van der Waals surface area contributed by atoms with Crippen molar-refractivity contribution >= 4 is 44.8 Å². The molecular weight excluding hydrogens is 419 g/mol. The normalized spacial score (nSPS) is 11.0. The minimum atomic E-state index is -3.84. The van der Waals surface area contributed by atoms with Crippen molar-refractivity contribution in [3.8, 4) is 0 Å². The van der Waals surface area contributed by atoms with E-state index in [0.717, 1.165) is 6.07 Å². The molecule has 8 nitrogen and oxygen atoms in total.